The highest BCUT2D eigenvalue weighted by Gasteiger charge is 2.34. The van der Waals surface area contributed by atoms with Gasteiger partial charge in [0.25, 0.3) is 5.91 Å². The molecule has 0 unspecified atom stereocenters. The number of hydrogen-bond acceptors (Lipinski definition) is 5. The maximum atomic E-state index is 13.0. The van der Waals surface area contributed by atoms with Crippen molar-refractivity contribution in [1.82, 2.24) is 19.7 Å². The van der Waals surface area contributed by atoms with Crippen molar-refractivity contribution in [3.8, 4) is 0 Å². The van der Waals surface area contributed by atoms with Crippen molar-refractivity contribution >= 4 is 38.9 Å². The number of pyridine rings is 1. The van der Waals surface area contributed by atoms with E-state index in [1.54, 1.807) is 23.7 Å². The molecule has 0 radical (unpaired) electrons. The second kappa shape index (κ2) is 8.09. The number of thiazole rings is 1. The molecule has 1 aliphatic rings. The van der Waals surface area contributed by atoms with Crippen LogP contribution in [0.25, 0.3) is 15.9 Å². The predicted octanol–water partition coefficient (Wildman–Crippen LogP) is 5.12. The fraction of sp³-hybridized carbons (Fsp3) is 0.318. The molecule has 6 nitrogen and oxygen atoms in total. The number of nitrogens with one attached hydrogen (secondary N) is 2. The number of alkyl halides is 3. The average Bonchev–Trinajstić information content (AvgIpc) is 3.42. The Morgan fingerprint density at radius 3 is 2.59 bits per heavy atom. The van der Waals surface area contributed by atoms with Crippen LogP contribution in [0.3, 0.4) is 0 Å². The Bertz CT molecular complexity index is 1270. The van der Waals surface area contributed by atoms with Crippen LogP contribution in [0, 0.1) is 0 Å². The molecule has 166 valence electrons. The lowest BCUT2D eigenvalue weighted by atomic mass is 9.91. The highest BCUT2D eigenvalue weighted by molar-refractivity contribution is 7.17. The van der Waals surface area contributed by atoms with E-state index in [1.165, 1.54) is 15.7 Å². The first kappa shape index (κ1) is 20.7. The number of amides is 1. The number of carbonyl (C=O) groups is 1. The first-order valence-electron chi connectivity index (χ1n) is 10.3. The van der Waals surface area contributed by atoms with E-state index in [-0.39, 0.29) is 23.6 Å². The van der Waals surface area contributed by atoms with Crippen LogP contribution in [0.15, 0.2) is 48.1 Å². The normalized spacial score (nSPS) is 19.3. The van der Waals surface area contributed by atoms with Crippen LogP contribution in [0.4, 0.5) is 19.0 Å². The molecular weight excluding hydrogens is 439 g/mol. The summed E-state index contributed by atoms with van der Waals surface area (Å²) in [5, 5.41) is 6.47. The lowest BCUT2D eigenvalue weighted by molar-refractivity contribution is -0.140. The quantitative estimate of drug-likeness (QED) is 0.445. The fourth-order valence-electron chi connectivity index (χ4n) is 4.18. The number of imidazole rings is 1. The Labute approximate surface area is 185 Å². The van der Waals surface area contributed by atoms with Crippen LogP contribution in [-0.4, -0.2) is 32.4 Å². The van der Waals surface area contributed by atoms with Crippen LogP contribution in [0.2, 0.25) is 0 Å². The van der Waals surface area contributed by atoms with Gasteiger partial charge in [-0.3, -0.25) is 9.20 Å². The number of nitrogens with zero attached hydrogens (tertiary/aromatic N) is 3. The number of carbonyl (C=O) groups excluding carboxylic acids is 1. The second-order valence-corrected chi connectivity index (χ2v) is 8.79. The maximum absolute atomic E-state index is 13.0. The molecule has 0 spiro atoms. The Morgan fingerprint density at radius 2 is 1.81 bits per heavy atom. The topological polar surface area (TPSA) is 71.3 Å². The summed E-state index contributed by atoms with van der Waals surface area (Å²) >= 11 is 1.45. The summed E-state index contributed by atoms with van der Waals surface area (Å²) in [4.78, 5) is 20.7. The molecule has 3 heterocycles. The van der Waals surface area contributed by atoms with Crippen molar-refractivity contribution in [1.29, 1.82) is 0 Å². The predicted molar refractivity (Wildman–Crippen MR) is 117 cm³/mol. The zero-order valence-electron chi connectivity index (χ0n) is 16.9. The molecule has 0 atom stereocenters. The molecule has 0 bridgehead atoms. The minimum Gasteiger partial charge on any atom is -0.368 e. The highest BCUT2D eigenvalue weighted by atomic mass is 32.1. The van der Waals surface area contributed by atoms with Gasteiger partial charge in [0.05, 0.1) is 21.3 Å². The van der Waals surface area contributed by atoms with E-state index in [1.807, 2.05) is 18.2 Å². The fourth-order valence-corrected chi connectivity index (χ4v) is 4.99. The van der Waals surface area contributed by atoms with Gasteiger partial charge in [-0.05, 0) is 49.9 Å². The van der Waals surface area contributed by atoms with Gasteiger partial charge in [-0.2, -0.15) is 13.2 Å². The van der Waals surface area contributed by atoms with Crippen molar-refractivity contribution in [3.05, 3.63) is 59.4 Å². The second-order valence-electron chi connectivity index (χ2n) is 7.94. The van der Waals surface area contributed by atoms with Gasteiger partial charge in [-0.25, -0.2) is 9.97 Å². The van der Waals surface area contributed by atoms with Crippen molar-refractivity contribution in [3.63, 3.8) is 0 Å². The number of fused-ring (bicyclic) bond motifs is 2. The van der Waals surface area contributed by atoms with E-state index in [4.69, 9.17) is 0 Å². The van der Waals surface area contributed by atoms with E-state index in [0.29, 0.717) is 11.4 Å². The molecule has 0 aliphatic heterocycles. The number of anilines is 1. The molecule has 1 aromatic carbocycles. The summed E-state index contributed by atoms with van der Waals surface area (Å²) in [6, 6.07) is 10.7. The summed E-state index contributed by atoms with van der Waals surface area (Å²) in [6.07, 6.45) is -0.294. The highest BCUT2D eigenvalue weighted by Crippen LogP contribution is 2.30. The van der Waals surface area contributed by atoms with E-state index in [9.17, 15) is 18.0 Å². The van der Waals surface area contributed by atoms with Gasteiger partial charge in [0, 0.05) is 18.3 Å². The minimum absolute atomic E-state index is 0.0598. The molecule has 1 amide bonds. The van der Waals surface area contributed by atoms with Gasteiger partial charge in [0.1, 0.15) is 11.5 Å². The maximum Gasteiger partial charge on any atom is 0.434 e. The van der Waals surface area contributed by atoms with Crippen molar-refractivity contribution in [2.45, 2.75) is 43.9 Å². The van der Waals surface area contributed by atoms with Gasteiger partial charge >= 0.3 is 6.18 Å². The lowest BCUT2D eigenvalue weighted by Crippen LogP contribution is -2.40. The number of hydrogen-bond donors (Lipinski definition) is 2. The molecular formula is C22H20F3N5OS. The molecule has 32 heavy (non-hydrogen) atoms. The number of aromatic nitrogens is 3. The third-order valence-electron chi connectivity index (χ3n) is 5.80. The van der Waals surface area contributed by atoms with E-state index in [0.717, 1.165) is 42.1 Å². The molecule has 10 heteroatoms. The van der Waals surface area contributed by atoms with Crippen LogP contribution >= 0.6 is 11.3 Å². The molecule has 5 rings (SSSR count). The molecule has 1 aliphatic carbocycles. The molecule has 2 N–H and O–H groups in total. The number of rotatable bonds is 4. The van der Waals surface area contributed by atoms with Gasteiger partial charge in [-0.1, -0.05) is 12.1 Å². The lowest BCUT2D eigenvalue weighted by Gasteiger charge is -2.30. The van der Waals surface area contributed by atoms with Crippen molar-refractivity contribution in [2.75, 3.05) is 5.32 Å². The van der Waals surface area contributed by atoms with Gasteiger partial charge in [-0.15, -0.1) is 11.3 Å². The Morgan fingerprint density at radius 1 is 1.06 bits per heavy atom. The zero-order chi connectivity index (χ0) is 22.3. The number of halogens is 3. The van der Waals surface area contributed by atoms with Gasteiger partial charge < -0.3 is 10.6 Å². The van der Waals surface area contributed by atoms with E-state index in [2.05, 4.69) is 20.6 Å². The van der Waals surface area contributed by atoms with E-state index < -0.39 is 11.9 Å². The Hall–Kier alpha value is -3.14. The van der Waals surface area contributed by atoms with Gasteiger partial charge in [0.15, 0.2) is 5.69 Å². The number of benzene rings is 1. The molecule has 4 aromatic rings. The average molecular weight is 459 g/mol. The largest absolute Gasteiger partial charge is 0.434 e. The van der Waals surface area contributed by atoms with Gasteiger partial charge in [0.2, 0.25) is 0 Å². The zero-order valence-corrected chi connectivity index (χ0v) is 17.7. The van der Waals surface area contributed by atoms with Crippen LogP contribution < -0.4 is 10.6 Å². The molecule has 0 saturated heterocycles. The SMILES string of the molecule is O=C(N[C@H]1CC[C@@H](Nc2cccc3nc(C(F)(F)F)cn23)CC1)c1cccc2ncsc12. The summed E-state index contributed by atoms with van der Waals surface area (Å²) in [7, 11) is 0. The molecule has 1 saturated carbocycles. The monoisotopic (exact) mass is 459 g/mol. The van der Waals surface area contributed by atoms with Crippen LogP contribution in [0.1, 0.15) is 41.7 Å². The van der Waals surface area contributed by atoms with Crippen molar-refractivity contribution in [2.24, 2.45) is 0 Å². The smallest absolute Gasteiger partial charge is 0.368 e. The minimum atomic E-state index is -4.48. The van der Waals surface area contributed by atoms with Crippen LogP contribution in [0.5, 0.6) is 0 Å². The van der Waals surface area contributed by atoms with E-state index >= 15 is 0 Å². The first-order chi connectivity index (χ1) is 15.4. The third-order valence-corrected chi connectivity index (χ3v) is 6.67. The molecule has 3 aromatic heterocycles. The summed E-state index contributed by atoms with van der Waals surface area (Å²) < 4.78 is 41.4. The Balaban J connectivity index is 1.22. The summed E-state index contributed by atoms with van der Waals surface area (Å²) in [6.45, 7) is 0. The standard InChI is InChI=1S/C22H20F3N5OS/c23-22(24,25)17-11-30-18(5-2-6-19(30)29-17)27-13-7-9-14(10-8-13)28-21(31)15-3-1-4-16-20(15)32-12-26-16/h1-6,11-14,27H,7-10H2,(H,28,31)/t13-,14+. The van der Waals surface area contributed by atoms with Crippen molar-refractivity contribution < 1.29 is 18.0 Å². The molecule has 1 fully saturated rings. The Kier molecular flexibility index (Phi) is 5.24. The summed E-state index contributed by atoms with van der Waals surface area (Å²) in [5.41, 5.74) is 2.53. The third kappa shape index (κ3) is 4.02. The van der Waals surface area contributed by atoms with Crippen LogP contribution in [-0.2, 0) is 6.18 Å². The first-order valence-corrected chi connectivity index (χ1v) is 11.2. The summed E-state index contributed by atoms with van der Waals surface area (Å²) in [5.74, 6) is 0.481.